The normalized spacial score (nSPS) is 10.7. The molecule has 0 saturated heterocycles. The first-order valence-corrected chi connectivity index (χ1v) is 7.17. The molecule has 0 aliphatic rings. The number of halogens is 2. The van der Waals surface area contributed by atoms with Gasteiger partial charge >= 0.3 is 0 Å². The second-order valence-corrected chi connectivity index (χ2v) is 5.69. The first kappa shape index (κ1) is 13.3. The lowest BCUT2D eigenvalue weighted by molar-refractivity contribution is 0.103. The Balaban J connectivity index is 2.08. The van der Waals surface area contributed by atoms with Crippen LogP contribution in [0.3, 0.4) is 0 Å². The molecule has 2 aromatic carbocycles. The smallest absolute Gasteiger partial charge is 0.194 e. The highest BCUT2D eigenvalue weighted by molar-refractivity contribution is 9.10. The zero-order valence-electron chi connectivity index (χ0n) is 10.3. The van der Waals surface area contributed by atoms with Gasteiger partial charge in [-0.05, 0) is 42.5 Å². The molecule has 1 aromatic heterocycles. The van der Waals surface area contributed by atoms with Crippen LogP contribution in [-0.2, 0) is 0 Å². The van der Waals surface area contributed by atoms with Crippen LogP contribution in [0, 0.1) is 0 Å². The summed E-state index contributed by atoms with van der Waals surface area (Å²) in [6.07, 6.45) is 1.73. The van der Waals surface area contributed by atoms with Crippen molar-refractivity contribution in [3.8, 4) is 0 Å². The molecule has 3 aromatic rings. The standard InChI is InChI=1S/C16H9BrClNO/c17-12-4-5-13(14(18)9-12)16(20)11-3-6-15-10(8-11)2-1-7-19-15/h1-9H. The lowest BCUT2D eigenvalue weighted by Crippen LogP contribution is -2.02. The van der Waals surface area contributed by atoms with E-state index in [0.29, 0.717) is 16.1 Å². The molecule has 0 aliphatic heterocycles. The van der Waals surface area contributed by atoms with Crippen LogP contribution in [0.5, 0.6) is 0 Å². The largest absolute Gasteiger partial charge is 0.289 e. The van der Waals surface area contributed by atoms with Crippen LogP contribution in [0.15, 0.2) is 59.2 Å². The number of carbonyl (C=O) groups excluding carboxylic acids is 1. The highest BCUT2D eigenvalue weighted by Crippen LogP contribution is 2.24. The van der Waals surface area contributed by atoms with Crippen molar-refractivity contribution >= 4 is 44.2 Å². The predicted octanol–water partition coefficient (Wildman–Crippen LogP) is 4.88. The maximum absolute atomic E-state index is 12.5. The number of aromatic nitrogens is 1. The average molecular weight is 347 g/mol. The summed E-state index contributed by atoms with van der Waals surface area (Å²) in [5.41, 5.74) is 1.97. The molecule has 20 heavy (non-hydrogen) atoms. The number of hydrogen-bond donors (Lipinski definition) is 0. The van der Waals surface area contributed by atoms with Crippen molar-refractivity contribution in [3.63, 3.8) is 0 Å². The van der Waals surface area contributed by atoms with Crippen molar-refractivity contribution in [1.82, 2.24) is 4.98 Å². The summed E-state index contributed by atoms with van der Waals surface area (Å²) >= 11 is 9.46. The Morgan fingerprint density at radius 2 is 1.95 bits per heavy atom. The van der Waals surface area contributed by atoms with Gasteiger partial charge in [0, 0.05) is 27.2 Å². The fourth-order valence-corrected chi connectivity index (χ4v) is 2.81. The Morgan fingerprint density at radius 3 is 2.75 bits per heavy atom. The van der Waals surface area contributed by atoms with Crippen LogP contribution >= 0.6 is 27.5 Å². The second-order valence-electron chi connectivity index (χ2n) is 4.36. The predicted molar refractivity (Wildman–Crippen MR) is 84.3 cm³/mol. The fraction of sp³-hybridized carbons (Fsp3) is 0. The molecule has 0 spiro atoms. The number of pyridine rings is 1. The van der Waals surface area contributed by atoms with E-state index in [1.165, 1.54) is 0 Å². The molecule has 0 fully saturated rings. The molecule has 0 bridgehead atoms. The van der Waals surface area contributed by atoms with Crippen LogP contribution in [-0.4, -0.2) is 10.8 Å². The summed E-state index contributed by atoms with van der Waals surface area (Å²) in [5, 5.41) is 1.38. The van der Waals surface area contributed by atoms with Crippen molar-refractivity contribution in [2.45, 2.75) is 0 Å². The second kappa shape index (κ2) is 5.35. The van der Waals surface area contributed by atoms with Gasteiger partial charge in [0.2, 0.25) is 0 Å². The van der Waals surface area contributed by atoms with E-state index in [0.717, 1.165) is 15.4 Å². The van der Waals surface area contributed by atoms with E-state index in [1.54, 1.807) is 24.4 Å². The molecule has 0 amide bonds. The molecule has 0 radical (unpaired) electrons. The minimum absolute atomic E-state index is 0.0896. The molecule has 1 heterocycles. The number of fused-ring (bicyclic) bond motifs is 1. The topological polar surface area (TPSA) is 30.0 Å². The van der Waals surface area contributed by atoms with Crippen LogP contribution in [0.25, 0.3) is 10.9 Å². The summed E-state index contributed by atoms with van der Waals surface area (Å²) in [6, 6.07) is 14.5. The lowest BCUT2D eigenvalue weighted by atomic mass is 10.0. The average Bonchev–Trinajstić information content (AvgIpc) is 2.46. The first-order chi connectivity index (χ1) is 9.65. The van der Waals surface area contributed by atoms with Crippen molar-refractivity contribution in [3.05, 3.63) is 75.4 Å². The van der Waals surface area contributed by atoms with Gasteiger partial charge in [-0.15, -0.1) is 0 Å². The Labute approximate surface area is 129 Å². The third-order valence-corrected chi connectivity index (χ3v) is 3.85. The van der Waals surface area contributed by atoms with Gasteiger partial charge < -0.3 is 0 Å². The molecule has 0 aliphatic carbocycles. The van der Waals surface area contributed by atoms with Gasteiger partial charge in [-0.3, -0.25) is 9.78 Å². The molecule has 3 rings (SSSR count). The van der Waals surface area contributed by atoms with E-state index in [1.807, 2.05) is 30.3 Å². The third-order valence-electron chi connectivity index (χ3n) is 3.04. The minimum atomic E-state index is -0.0896. The number of benzene rings is 2. The zero-order valence-corrected chi connectivity index (χ0v) is 12.6. The van der Waals surface area contributed by atoms with Crippen LogP contribution in [0.2, 0.25) is 5.02 Å². The fourth-order valence-electron chi connectivity index (χ4n) is 2.05. The summed E-state index contributed by atoms with van der Waals surface area (Å²) < 4.78 is 0.849. The van der Waals surface area contributed by atoms with Gasteiger partial charge in [0.1, 0.15) is 0 Å². The number of rotatable bonds is 2. The molecule has 0 unspecified atom stereocenters. The zero-order chi connectivity index (χ0) is 14.1. The lowest BCUT2D eigenvalue weighted by Gasteiger charge is -2.05. The van der Waals surface area contributed by atoms with E-state index in [4.69, 9.17) is 11.6 Å². The number of hydrogen-bond acceptors (Lipinski definition) is 2. The third kappa shape index (κ3) is 2.47. The van der Waals surface area contributed by atoms with Crippen molar-refractivity contribution in [1.29, 1.82) is 0 Å². The van der Waals surface area contributed by atoms with Gasteiger partial charge in [-0.2, -0.15) is 0 Å². The highest BCUT2D eigenvalue weighted by Gasteiger charge is 2.13. The molecular formula is C16H9BrClNO. The maximum atomic E-state index is 12.5. The minimum Gasteiger partial charge on any atom is -0.289 e. The number of carbonyl (C=O) groups is 1. The summed E-state index contributed by atoms with van der Waals surface area (Å²) in [6.45, 7) is 0. The van der Waals surface area contributed by atoms with Crippen LogP contribution in [0.4, 0.5) is 0 Å². The van der Waals surface area contributed by atoms with E-state index in [-0.39, 0.29) is 5.78 Å². The van der Waals surface area contributed by atoms with Gasteiger partial charge in [0.05, 0.1) is 10.5 Å². The first-order valence-electron chi connectivity index (χ1n) is 6.00. The van der Waals surface area contributed by atoms with Crippen LogP contribution < -0.4 is 0 Å². The van der Waals surface area contributed by atoms with Gasteiger partial charge in [0.15, 0.2) is 5.78 Å². The number of nitrogens with zero attached hydrogens (tertiary/aromatic N) is 1. The van der Waals surface area contributed by atoms with E-state index < -0.39 is 0 Å². The van der Waals surface area contributed by atoms with Crippen molar-refractivity contribution < 1.29 is 4.79 Å². The van der Waals surface area contributed by atoms with Gasteiger partial charge in [-0.1, -0.05) is 33.6 Å². The summed E-state index contributed by atoms with van der Waals surface area (Å²) in [4.78, 5) is 16.7. The van der Waals surface area contributed by atoms with Gasteiger partial charge in [-0.25, -0.2) is 0 Å². The quantitative estimate of drug-likeness (QED) is 0.619. The van der Waals surface area contributed by atoms with E-state index in [2.05, 4.69) is 20.9 Å². The Morgan fingerprint density at radius 1 is 1.10 bits per heavy atom. The van der Waals surface area contributed by atoms with Gasteiger partial charge in [0.25, 0.3) is 0 Å². The summed E-state index contributed by atoms with van der Waals surface area (Å²) in [7, 11) is 0. The van der Waals surface area contributed by atoms with Crippen LogP contribution in [0.1, 0.15) is 15.9 Å². The van der Waals surface area contributed by atoms with E-state index in [9.17, 15) is 4.79 Å². The molecule has 0 atom stereocenters. The molecule has 98 valence electrons. The molecule has 4 heteroatoms. The Hall–Kier alpha value is -1.71. The Bertz CT molecular complexity index is 816. The molecule has 0 N–H and O–H groups in total. The maximum Gasteiger partial charge on any atom is 0.194 e. The SMILES string of the molecule is O=C(c1ccc2ncccc2c1)c1ccc(Br)cc1Cl. The van der Waals surface area contributed by atoms with Crippen molar-refractivity contribution in [2.75, 3.05) is 0 Å². The molecule has 2 nitrogen and oxygen atoms in total. The molecule has 0 saturated carbocycles. The van der Waals surface area contributed by atoms with Crippen molar-refractivity contribution in [2.24, 2.45) is 0 Å². The van der Waals surface area contributed by atoms with E-state index >= 15 is 0 Å². The molecular weight excluding hydrogens is 338 g/mol. The highest BCUT2D eigenvalue weighted by atomic mass is 79.9. The Kier molecular flexibility index (Phi) is 3.55. The summed E-state index contributed by atoms with van der Waals surface area (Å²) in [5.74, 6) is -0.0896. The monoisotopic (exact) mass is 345 g/mol. The number of ketones is 1.